The van der Waals surface area contributed by atoms with Gasteiger partial charge in [-0.15, -0.1) is 0 Å². The molecule has 3 aromatic carbocycles. The molecule has 1 unspecified atom stereocenters. The zero-order chi connectivity index (χ0) is 21.5. The number of carbonyl (C=O) groups excluding carboxylic acids is 1. The molecular weight excluding hydrogens is 389 g/mol. The van der Waals surface area contributed by atoms with Crippen molar-refractivity contribution >= 4 is 22.6 Å². The number of imidazole rings is 1. The van der Waals surface area contributed by atoms with Crippen molar-refractivity contribution in [1.82, 2.24) is 9.55 Å². The van der Waals surface area contributed by atoms with E-state index in [0.29, 0.717) is 19.5 Å². The van der Waals surface area contributed by atoms with Crippen LogP contribution in [-0.4, -0.2) is 22.0 Å². The molecule has 156 valence electrons. The van der Waals surface area contributed by atoms with Crippen LogP contribution >= 0.6 is 0 Å². The Morgan fingerprint density at radius 2 is 1.68 bits per heavy atom. The van der Waals surface area contributed by atoms with Crippen molar-refractivity contribution in [2.45, 2.75) is 32.7 Å². The Morgan fingerprint density at radius 1 is 0.968 bits per heavy atom. The van der Waals surface area contributed by atoms with Crippen LogP contribution in [0.5, 0.6) is 0 Å². The molecule has 1 atom stereocenters. The van der Waals surface area contributed by atoms with Gasteiger partial charge in [-0.2, -0.15) is 0 Å². The maximum Gasteiger partial charge on any atom is 0.227 e. The molecule has 1 fully saturated rings. The fourth-order valence-electron chi connectivity index (χ4n) is 4.67. The van der Waals surface area contributed by atoms with Gasteiger partial charge in [0.2, 0.25) is 5.91 Å². The van der Waals surface area contributed by atoms with Crippen LogP contribution in [0.3, 0.4) is 0 Å². The average Bonchev–Trinajstić information content (AvgIpc) is 3.31. The van der Waals surface area contributed by atoms with E-state index >= 15 is 0 Å². The van der Waals surface area contributed by atoms with Gasteiger partial charge in [0.15, 0.2) is 0 Å². The van der Waals surface area contributed by atoms with E-state index in [9.17, 15) is 9.18 Å². The third-order valence-corrected chi connectivity index (χ3v) is 6.14. The van der Waals surface area contributed by atoms with Crippen LogP contribution in [-0.2, 0) is 11.3 Å². The van der Waals surface area contributed by atoms with Gasteiger partial charge in [-0.1, -0.05) is 42.5 Å². The zero-order valence-corrected chi connectivity index (χ0v) is 17.7. The number of nitrogens with zero attached hydrogens (tertiary/aromatic N) is 3. The number of hydrogen-bond donors (Lipinski definition) is 0. The molecular formula is C26H24FN3O. The van der Waals surface area contributed by atoms with E-state index in [1.807, 2.05) is 55.1 Å². The summed E-state index contributed by atoms with van der Waals surface area (Å²) in [5.41, 5.74) is 6.16. The molecule has 31 heavy (non-hydrogen) atoms. The number of rotatable bonds is 4. The van der Waals surface area contributed by atoms with Gasteiger partial charge in [-0.05, 0) is 54.8 Å². The number of amides is 1. The molecule has 5 heteroatoms. The van der Waals surface area contributed by atoms with Gasteiger partial charge >= 0.3 is 0 Å². The van der Waals surface area contributed by atoms with Crippen LogP contribution in [0, 0.1) is 19.7 Å². The third-order valence-electron chi connectivity index (χ3n) is 6.14. The van der Waals surface area contributed by atoms with Crippen molar-refractivity contribution in [3.05, 3.63) is 95.1 Å². The van der Waals surface area contributed by atoms with Gasteiger partial charge in [0.05, 0.1) is 11.0 Å². The normalized spacial score (nSPS) is 16.4. The summed E-state index contributed by atoms with van der Waals surface area (Å²) in [5.74, 6) is 0.792. The van der Waals surface area contributed by atoms with Crippen LogP contribution in [0.1, 0.15) is 34.9 Å². The molecule has 0 spiro atoms. The van der Waals surface area contributed by atoms with Crippen molar-refractivity contribution in [3.8, 4) is 0 Å². The number of para-hydroxylation sites is 3. The predicted molar refractivity (Wildman–Crippen MR) is 121 cm³/mol. The van der Waals surface area contributed by atoms with E-state index in [0.717, 1.165) is 39.2 Å². The van der Waals surface area contributed by atoms with E-state index in [1.54, 1.807) is 12.1 Å². The van der Waals surface area contributed by atoms with Gasteiger partial charge in [0, 0.05) is 31.1 Å². The lowest BCUT2D eigenvalue weighted by Gasteiger charge is -2.21. The smallest absolute Gasteiger partial charge is 0.227 e. The number of anilines is 1. The summed E-state index contributed by atoms with van der Waals surface area (Å²) < 4.78 is 15.6. The van der Waals surface area contributed by atoms with Crippen LogP contribution in [0.25, 0.3) is 11.0 Å². The molecule has 5 rings (SSSR count). The third kappa shape index (κ3) is 3.50. The first-order valence-electron chi connectivity index (χ1n) is 10.6. The number of hydrogen-bond acceptors (Lipinski definition) is 2. The highest BCUT2D eigenvalue weighted by atomic mass is 19.1. The van der Waals surface area contributed by atoms with E-state index in [1.165, 1.54) is 12.1 Å². The monoisotopic (exact) mass is 413 g/mol. The van der Waals surface area contributed by atoms with Crippen LogP contribution < -0.4 is 4.90 Å². The molecule has 1 amide bonds. The second-order valence-corrected chi connectivity index (χ2v) is 8.32. The first-order chi connectivity index (χ1) is 15.0. The van der Waals surface area contributed by atoms with E-state index in [2.05, 4.69) is 10.6 Å². The number of aryl methyl sites for hydroxylation is 2. The van der Waals surface area contributed by atoms with Crippen molar-refractivity contribution in [2.75, 3.05) is 11.4 Å². The Morgan fingerprint density at radius 3 is 2.42 bits per heavy atom. The van der Waals surface area contributed by atoms with Gasteiger partial charge in [-0.25, -0.2) is 9.37 Å². The Bertz CT molecular complexity index is 1260. The summed E-state index contributed by atoms with van der Waals surface area (Å²) >= 11 is 0. The molecule has 0 radical (unpaired) electrons. The highest BCUT2D eigenvalue weighted by molar-refractivity contribution is 5.98. The summed E-state index contributed by atoms with van der Waals surface area (Å²) in [6.45, 7) is 5.29. The standard InChI is InChI=1S/C26H24FN3O/c1-17-6-5-7-18(2)25(17)30-16-20(14-24(30)31)26-28-22-8-3-4-9-23(22)29(26)15-19-10-12-21(27)13-11-19/h3-13,20H,14-16H2,1-2H3. The first-order valence-corrected chi connectivity index (χ1v) is 10.6. The average molecular weight is 413 g/mol. The first kappa shape index (κ1) is 19.5. The van der Waals surface area contributed by atoms with Gasteiger partial charge in [0.25, 0.3) is 0 Å². The summed E-state index contributed by atoms with van der Waals surface area (Å²) in [5, 5.41) is 0. The lowest BCUT2D eigenvalue weighted by molar-refractivity contribution is -0.117. The minimum atomic E-state index is -0.245. The molecule has 4 aromatic rings. The quantitative estimate of drug-likeness (QED) is 0.452. The molecule has 4 nitrogen and oxygen atoms in total. The van der Waals surface area contributed by atoms with E-state index in [-0.39, 0.29) is 17.6 Å². The maximum atomic E-state index is 13.4. The van der Waals surface area contributed by atoms with Crippen LogP contribution in [0.4, 0.5) is 10.1 Å². The van der Waals surface area contributed by atoms with E-state index in [4.69, 9.17) is 4.98 Å². The fourth-order valence-corrected chi connectivity index (χ4v) is 4.67. The molecule has 0 N–H and O–H groups in total. The largest absolute Gasteiger partial charge is 0.323 e. The lowest BCUT2D eigenvalue weighted by Crippen LogP contribution is -2.26. The van der Waals surface area contributed by atoms with Gasteiger partial charge < -0.3 is 9.47 Å². The van der Waals surface area contributed by atoms with Gasteiger partial charge in [0.1, 0.15) is 11.6 Å². The number of halogens is 1. The minimum Gasteiger partial charge on any atom is -0.323 e. The Balaban J connectivity index is 1.54. The summed E-state index contributed by atoms with van der Waals surface area (Å²) in [7, 11) is 0. The maximum absolute atomic E-state index is 13.4. The second-order valence-electron chi connectivity index (χ2n) is 8.32. The molecule has 1 aliphatic heterocycles. The van der Waals surface area contributed by atoms with Gasteiger partial charge in [-0.3, -0.25) is 4.79 Å². The summed E-state index contributed by atoms with van der Waals surface area (Å²) in [6.07, 6.45) is 0.431. The Labute approximate surface area is 181 Å². The van der Waals surface area contributed by atoms with E-state index < -0.39 is 0 Å². The molecule has 1 aromatic heterocycles. The Kier molecular flexibility index (Phi) is 4.81. The van der Waals surface area contributed by atoms with Crippen molar-refractivity contribution in [1.29, 1.82) is 0 Å². The minimum absolute atomic E-state index is 0.000598. The number of aromatic nitrogens is 2. The van der Waals surface area contributed by atoms with Crippen LogP contribution in [0.15, 0.2) is 66.7 Å². The zero-order valence-electron chi connectivity index (χ0n) is 17.7. The molecule has 1 aliphatic rings. The second kappa shape index (κ2) is 7.65. The van der Waals surface area contributed by atoms with Crippen molar-refractivity contribution in [3.63, 3.8) is 0 Å². The molecule has 0 aliphatic carbocycles. The highest BCUT2D eigenvalue weighted by Gasteiger charge is 2.35. The number of carbonyl (C=O) groups is 1. The molecule has 2 heterocycles. The number of fused-ring (bicyclic) bond motifs is 1. The molecule has 0 bridgehead atoms. The van der Waals surface area contributed by atoms with Crippen LogP contribution in [0.2, 0.25) is 0 Å². The fraction of sp³-hybridized carbons (Fsp3) is 0.231. The molecule has 0 saturated carbocycles. The highest BCUT2D eigenvalue weighted by Crippen LogP contribution is 2.36. The van der Waals surface area contributed by atoms with Crippen molar-refractivity contribution in [2.24, 2.45) is 0 Å². The topological polar surface area (TPSA) is 38.1 Å². The molecule has 1 saturated heterocycles. The summed E-state index contributed by atoms with van der Waals surface area (Å²) in [6, 6.07) is 20.7. The Hall–Kier alpha value is -3.47. The SMILES string of the molecule is Cc1cccc(C)c1N1CC(c2nc3ccccc3n2Cc2ccc(F)cc2)CC1=O. The number of benzene rings is 3. The lowest BCUT2D eigenvalue weighted by atomic mass is 10.1. The summed E-state index contributed by atoms with van der Waals surface area (Å²) in [4.78, 5) is 19.9. The predicted octanol–water partition coefficient (Wildman–Crippen LogP) is 5.36. The van der Waals surface area contributed by atoms with Crippen molar-refractivity contribution < 1.29 is 9.18 Å².